The molecule has 0 aromatic heterocycles. The second-order valence-corrected chi connectivity index (χ2v) is 4.36. The van der Waals surface area contributed by atoms with Crippen molar-refractivity contribution in [2.45, 2.75) is 70.4 Å². The second kappa shape index (κ2) is 9.43. The molecule has 0 amide bonds. The first-order chi connectivity index (χ1) is 7.93. The molecule has 91 valence electrons. The van der Waals surface area contributed by atoms with E-state index >= 15 is 0 Å². The summed E-state index contributed by atoms with van der Waals surface area (Å²) in [7, 11) is 0. The molecule has 0 N–H and O–H groups in total. The standard InChI is InChI=1S/C12H23N4/c1-2-3-4-5-6-7-8-9-10-11-12-13-15-16-14-12/h12H,1-11H2. The van der Waals surface area contributed by atoms with Gasteiger partial charge in [0, 0.05) is 0 Å². The molecule has 1 aliphatic rings. The predicted molar refractivity (Wildman–Crippen MR) is 65.0 cm³/mol. The molecule has 0 spiro atoms. The molecule has 0 unspecified atom stereocenters. The van der Waals surface area contributed by atoms with Gasteiger partial charge in [-0.1, -0.05) is 58.3 Å². The van der Waals surface area contributed by atoms with Crippen LogP contribution >= 0.6 is 0 Å². The van der Waals surface area contributed by atoms with Crippen LogP contribution in [0.5, 0.6) is 0 Å². The highest BCUT2D eigenvalue weighted by molar-refractivity contribution is 4.61. The fourth-order valence-electron chi connectivity index (χ4n) is 1.87. The molecular weight excluding hydrogens is 200 g/mol. The van der Waals surface area contributed by atoms with Gasteiger partial charge in [-0.2, -0.15) is 0 Å². The summed E-state index contributed by atoms with van der Waals surface area (Å²) in [6.07, 6.45) is 12.7. The summed E-state index contributed by atoms with van der Waals surface area (Å²) in [4.78, 5) is 0. The molecule has 1 heterocycles. The Morgan fingerprint density at radius 1 is 0.688 bits per heavy atom. The zero-order valence-electron chi connectivity index (χ0n) is 10.1. The number of nitrogens with zero attached hydrogens (tertiary/aromatic N) is 4. The smallest absolute Gasteiger partial charge is 0.138 e. The van der Waals surface area contributed by atoms with Crippen molar-refractivity contribution in [2.24, 2.45) is 20.7 Å². The van der Waals surface area contributed by atoms with Crippen LogP contribution in [0.3, 0.4) is 0 Å². The van der Waals surface area contributed by atoms with Crippen LogP contribution in [-0.2, 0) is 0 Å². The van der Waals surface area contributed by atoms with Gasteiger partial charge < -0.3 is 0 Å². The summed E-state index contributed by atoms with van der Waals surface area (Å²) in [5.74, 6) is 0. The number of hydrogen-bond donors (Lipinski definition) is 0. The van der Waals surface area contributed by atoms with Crippen molar-refractivity contribution in [1.29, 1.82) is 0 Å². The van der Waals surface area contributed by atoms with E-state index in [9.17, 15) is 0 Å². The van der Waals surface area contributed by atoms with E-state index in [1.54, 1.807) is 0 Å². The van der Waals surface area contributed by atoms with Gasteiger partial charge in [-0.3, -0.25) is 0 Å². The van der Waals surface area contributed by atoms with Crippen LogP contribution < -0.4 is 0 Å². The molecule has 0 saturated carbocycles. The molecule has 0 saturated heterocycles. The molecule has 0 aromatic carbocycles. The lowest BCUT2D eigenvalue weighted by molar-refractivity contribution is 0.531. The van der Waals surface area contributed by atoms with Gasteiger partial charge >= 0.3 is 0 Å². The molecule has 0 bridgehead atoms. The third-order valence-electron chi connectivity index (χ3n) is 2.87. The Morgan fingerprint density at radius 3 is 1.75 bits per heavy atom. The zero-order valence-corrected chi connectivity index (χ0v) is 10.1. The largest absolute Gasteiger partial charge is 0.185 e. The van der Waals surface area contributed by atoms with Crippen LogP contribution in [0.1, 0.15) is 64.2 Å². The van der Waals surface area contributed by atoms with Gasteiger partial charge in [0.25, 0.3) is 0 Å². The molecule has 0 aromatic rings. The first-order valence-corrected chi connectivity index (χ1v) is 6.52. The van der Waals surface area contributed by atoms with Gasteiger partial charge in [0.15, 0.2) is 6.17 Å². The lowest BCUT2D eigenvalue weighted by Gasteiger charge is -2.02. The quantitative estimate of drug-likeness (QED) is 0.474. The van der Waals surface area contributed by atoms with Gasteiger partial charge in [-0.05, 0) is 23.3 Å². The highest BCUT2D eigenvalue weighted by Crippen LogP contribution is 2.15. The van der Waals surface area contributed by atoms with Gasteiger partial charge in [0.05, 0.1) is 0 Å². The summed E-state index contributed by atoms with van der Waals surface area (Å²) >= 11 is 0. The van der Waals surface area contributed by atoms with Crippen molar-refractivity contribution in [3.8, 4) is 0 Å². The van der Waals surface area contributed by atoms with E-state index in [1.807, 2.05) is 0 Å². The van der Waals surface area contributed by atoms with Crippen molar-refractivity contribution < 1.29 is 0 Å². The maximum absolute atomic E-state index is 3.89. The minimum Gasteiger partial charge on any atom is -0.138 e. The molecule has 1 radical (unpaired) electrons. The Labute approximate surface area is 98.6 Å². The molecule has 1 rings (SSSR count). The Balaban J connectivity index is 1.74. The molecule has 1 aliphatic heterocycles. The van der Waals surface area contributed by atoms with Crippen molar-refractivity contribution in [3.05, 3.63) is 6.92 Å². The molecule has 4 heteroatoms. The Hall–Kier alpha value is -0.800. The molecule has 0 fully saturated rings. The third-order valence-corrected chi connectivity index (χ3v) is 2.87. The van der Waals surface area contributed by atoms with E-state index in [0.717, 1.165) is 12.8 Å². The van der Waals surface area contributed by atoms with Gasteiger partial charge in [-0.25, -0.2) is 0 Å². The van der Waals surface area contributed by atoms with E-state index in [0.29, 0.717) is 0 Å². The van der Waals surface area contributed by atoms with Crippen molar-refractivity contribution in [3.63, 3.8) is 0 Å². The van der Waals surface area contributed by atoms with Crippen LogP contribution in [0, 0.1) is 6.92 Å². The maximum atomic E-state index is 3.89. The Bertz CT molecular complexity index is 201. The zero-order chi connectivity index (χ0) is 11.5. The minimum absolute atomic E-state index is 0.0251. The van der Waals surface area contributed by atoms with Gasteiger partial charge in [0.2, 0.25) is 0 Å². The van der Waals surface area contributed by atoms with Crippen LogP contribution in [0.15, 0.2) is 20.7 Å². The van der Waals surface area contributed by atoms with Gasteiger partial charge in [-0.15, -0.1) is 10.2 Å². The topological polar surface area (TPSA) is 49.4 Å². The number of hydrogen-bond acceptors (Lipinski definition) is 4. The summed E-state index contributed by atoms with van der Waals surface area (Å²) in [5, 5.41) is 14.8. The van der Waals surface area contributed by atoms with E-state index in [4.69, 9.17) is 0 Å². The highest BCUT2D eigenvalue weighted by Gasteiger charge is 2.07. The molecular formula is C12H23N4. The lowest BCUT2D eigenvalue weighted by Crippen LogP contribution is -1.95. The first-order valence-electron chi connectivity index (χ1n) is 6.52. The fourth-order valence-corrected chi connectivity index (χ4v) is 1.87. The van der Waals surface area contributed by atoms with E-state index in [2.05, 4.69) is 27.6 Å². The average Bonchev–Trinajstić information content (AvgIpc) is 2.80. The average molecular weight is 223 g/mol. The summed E-state index contributed by atoms with van der Waals surface area (Å²) < 4.78 is 0. The maximum Gasteiger partial charge on any atom is 0.185 e. The second-order valence-electron chi connectivity index (χ2n) is 4.36. The summed E-state index contributed by atoms with van der Waals surface area (Å²) in [6.45, 7) is 3.85. The van der Waals surface area contributed by atoms with Crippen LogP contribution in [-0.4, -0.2) is 6.17 Å². The van der Waals surface area contributed by atoms with Gasteiger partial charge in [0.1, 0.15) is 0 Å². The van der Waals surface area contributed by atoms with Crippen molar-refractivity contribution in [2.75, 3.05) is 0 Å². The SMILES string of the molecule is [CH2]CCCCCCCCCCC1N=NN=N1. The van der Waals surface area contributed by atoms with Crippen molar-refractivity contribution >= 4 is 0 Å². The number of rotatable bonds is 10. The van der Waals surface area contributed by atoms with E-state index < -0.39 is 0 Å². The predicted octanol–water partition coefficient (Wildman–Crippen LogP) is 4.88. The van der Waals surface area contributed by atoms with Crippen molar-refractivity contribution in [1.82, 2.24) is 0 Å². The summed E-state index contributed by atoms with van der Waals surface area (Å²) in [5.41, 5.74) is 0. The highest BCUT2D eigenvalue weighted by atomic mass is 15.6. The first kappa shape index (κ1) is 13.3. The molecule has 4 nitrogen and oxygen atoms in total. The number of unbranched alkanes of at least 4 members (excludes halogenated alkanes) is 8. The molecule has 0 aliphatic carbocycles. The van der Waals surface area contributed by atoms with Crippen LogP contribution in [0.4, 0.5) is 0 Å². The summed E-state index contributed by atoms with van der Waals surface area (Å²) in [6, 6.07) is 0. The monoisotopic (exact) mass is 223 g/mol. The van der Waals surface area contributed by atoms with Crippen LogP contribution in [0.25, 0.3) is 0 Å². The van der Waals surface area contributed by atoms with E-state index in [1.165, 1.54) is 51.4 Å². The van der Waals surface area contributed by atoms with E-state index in [-0.39, 0.29) is 6.17 Å². The molecule has 0 atom stereocenters. The fraction of sp³-hybridized carbons (Fsp3) is 0.917. The Morgan fingerprint density at radius 2 is 1.19 bits per heavy atom. The lowest BCUT2D eigenvalue weighted by atomic mass is 10.1. The third kappa shape index (κ3) is 6.64. The molecule has 16 heavy (non-hydrogen) atoms. The normalized spacial score (nSPS) is 15.1. The minimum atomic E-state index is 0.0251. The van der Waals surface area contributed by atoms with Crippen LogP contribution in [0.2, 0.25) is 0 Å². The Kier molecular flexibility index (Phi) is 7.82.